The van der Waals surface area contributed by atoms with Crippen LogP contribution >= 0.6 is 0 Å². The minimum Gasteiger partial charge on any atom is -0.307 e. The van der Waals surface area contributed by atoms with Crippen molar-refractivity contribution in [3.8, 4) is 22.5 Å². The number of hydrogen-bond donors (Lipinski definition) is 0. The minimum atomic E-state index is 1.16. The Bertz CT molecular complexity index is 2460. The van der Waals surface area contributed by atoms with Crippen molar-refractivity contribution in [1.82, 2.24) is 9.13 Å². The van der Waals surface area contributed by atoms with Gasteiger partial charge in [0.15, 0.2) is 0 Å². The fraction of sp³-hybridized carbons (Fsp3) is 0. The molecule has 2 nitrogen and oxygen atoms in total. The molecule has 0 aliphatic carbocycles. The van der Waals surface area contributed by atoms with Gasteiger partial charge >= 0.3 is 0 Å². The van der Waals surface area contributed by atoms with E-state index in [0.717, 1.165) is 11.4 Å². The Labute approximate surface area is 243 Å². The Balaban J connectivity index is 1.41. The van der Waals surface area contributed by atoms with Crippen molar-refractivity contribution < 1.29 is 0 Å². The molecular weight excluding hydrogens is 508 g/mol. The molecule has 0 saturated heterocycles. The molecule has 2 heteroatoms. The quantitative estimate of drug-likeness (QED) is 0.213. The maximum atomic E-state index is 2.47. The van der Waals surface area contributed by atoms with E-state index >= 15 is 0 Å². The third-order valence-electron chi connectivity index (χ3n) is 8.67. The van der Waals surface area contributed by atoms with E-state index in [0.29, 0.717) is 0 Å². The van der Waals surface area contributed by atoms with Crippen LogP contribution in [-0.2, 0) is 0 Å². The molecule has 0 N–H and O–H groups in total. The molecule has 0 aliphatic heterocycles. The van der Waals surface area contributed by atoms with E-state index in [4.69, 9.17) is 0 Å². The van der Waals surface area contributed by atoms with Gasteiger partial charge in [0.2, 0.25) is 0 Å². The lowest BCUT2D eigenvalue weighted by atomic mass is 10.0. The first-order chi connectivity index (χ1) is 20.8. The normalized spacial score (nSPS) is 11.8. The molecule has 2 aromatic heterocycles. The van der Waals surface area contributed by atoms with Crippen LogP contribution in [0.15, 0.2) is 158 Å². The van der Waals surface area contributed by atoms with Gasteiger partial charge in [0, 0.05) is 32.9 Å². The van der Waals surface area contributed by atoms with E-state index in [9.17, 15) is 0 Å². The summed E-state index contributed by atoms with van der Waals surface area (Å²) in [4.78, 5) is 0. The summed E-state index contributed by atoms with van der Waals surface area (Å²) in [5.74, 6) is 0. The molecule has 7 aromatic carbocycles. The average Bonchev–Trinajstić information content (AvgIpc) is 3.58. The van der Waals surface area contributed by atoms with Gasteiger partial charge in [-0.25, -0.2) is 0 Å². The zero-order chi connectivity index (χ0) is 27.6. The van der Waals surface area contributed by atoms with Crippen LogP contribution in [0.2, 0.25) is 0 Å². The summed E-state index contributed by atoms with van der Waals surface area (Å²) in [6.07, 6.45) is 0. The summed E-state index contributed by atoms with van der Waals surface area (Å²) < 4.78 is 4.91. The first-order valence-corrected chi connectivity index (χ1v) is 14.5. The fourth-order valence-corrected chi connectivity index (χ4v) is 6.81. The second-order valence-corrected chi connectivity index (χ2v) is 11.0. The second kappa shape index (κ2) is 8.95. The third-order valence-corrected chi connectivity index (χ3v) is 8.67. The smallest absolute Gasteiger partial charge is 0.0788 e. The number of fused-ring (bicyclic) bond motifs is 8. The predicted molar refractivity (Wildman–Crippen MR) is 178 cm³/mol. The Morgan fingerprint density at radius 1 is 0.310 bits per heavy atom. The lowest BCUT2D eigenvalue weighted by Crippen LogP contribution is -1.98. The van der Waals surface area contributed by atoms with E-state index in [1.165, 1.54) is 65.5 Å². The van der Waals surface area contributed by atoms with Crippen LogP contribution < -0.4 is 0 Å². The highest BCUT2D eigenvalue weighted by Crippen LogP contribution is 2.42. The van der Waals surface area contributed by atoms with Crippen LogP contribution in [-0.4, -0.2) is 9.13 Å². The summed E-state index contributed by atoms with van der Waals surface area (Å²) in [5, 5.41) is 7.56. The molecule has 0 bridgehead atoms. The first kappa shape index (κ1) is 23.1. The van der Waals surface area contributed by atoms with Crippen molar-refractivity contribution in [3.05, 3.63) is 158 Å². The highest BCUT2D eigenvalue weighted by atomic mass is 15.0. The predicted octanol–water partition coefficient (Wildman–Crippen LogP) is 10.7. The van der Waals surface area contributed by atoms with Gasteiger partial charge in [0.1, 0.15) is 0 Å². The molecule has 0 saturated carbocycles. The van der Waals surface area contributed by atoms with Crippen molar-refractivity contribution >= 4 is 54.4 Å². The van der Waals surface area contributed by atoms with Crippen LogP contribution in [0.5, 0.6) is 0 Å². The molecule has 0 spiro atoms. The molecule has 0 aliphatic rings. The zero-order valence-corrected chi connectivity index (χ0v) is 22.9. The molecule has 9 aromatic rings. The molecule has 0 radical (unpaired) electrons. The number of para-hydroxylation sites is 3. The van der Waals surface area contributed by atoms with E-state index < -0.39 is 0 Å². The standard InChI is InChI=1S/C40H26N2/c1-2-14-31(15-3-1)41-37-19-8-6-17-33(37)35-23-24-36-34-18-7-9-20-38(34)42(40(36)39(35)41)32-16-10-13-29(26-32)30-22-21-27-11-4-5-12-28(27)25-30/h1-26H. The van der Waals surface area contributed by atoms with Gasteiger partial charge in [-0.05, 0) is 64.4 Å². The van der Waals surface area contributed by atoms with Gasteiger partial charge in [0.05, 0.1) is 22.1 Å². The SMILES string of the molecule is c1ccc(-n2c3ccccc3c3ccc4c5ccccc5n(-c5cccc(-c6ccc7ccccc7c6)c5)c4c32)cc1. The largest absolute Gasteiger partial charge is 0.307 e. The number of hydrogen-bond acceptors (Lipinski definition) is 0. The Morgan fingerprint density at radius 3 is 1.57 bits per heavy atom. The van der Waals surface area contributed by atoms with Crippen LogP contribution in [0.4, 0.5) is 0 Å². The fourth-order valence-electron chi connectivity index (χ4n) is 6.81. The maximum absolute atomic E-state index is 2.47. The minimum absolute atomic E-state index is 1.16. The van der Waals surface area contributed by atoms with Gasteiger partial charge in [-0.3, -0.25) is 0 Å². The van der Waals surface area contributed by atoms with Gasteiger partial charge in [0.25, 0.3) is 0 Å². The van der Waals surface area contributed by atoms with Crippen LogP contribution in [0.25, 0.3) is 76.9 Å². The van der Waals surface area contributed by atoms with Crippen molar-refractivity contribution in [1.29, 1.82) is 0 Å². The highest BCUT2D eigenvalue weighted by molar-refractivity contribution is 6.23. The van der Waals surface area contributed by atoms with Gasteiger partial charge in [-0.15, -0.1) is 0 Å². The number of rotatable bonds is 3. The molecule has 0 atom stereocenters. The number of nitrogens with zero attached hydrogens (tertiary/aromatic N) is 2. The van der Waals surface area contributed by atoms with E-state index in [-0.39, 0.29) is 0 Å². The summed E-state index contributed by atoms with van der Waals surface area (Å²) in [6, 6.07) is 57.2. The number of aromatic nitrogens is 2. The summed E-state index contributed by atoms with van der Waals surface area (Å²) in [5.41, 5.74) is 9.63. The van der Waals surface area contributed by atoms with E-state index in [1.807, 2.05) is 0 Å². The monoisotopic (exact) mass is 534 g/mol. The van der Waals surface area contributed by atoms with Crippen LogP contribution in [0.1, 0.15) is 0 Å². The Hall–Kier alpha value is -5.60. The third kappa shape index (κ3) is 3.33. The maximum Gasteiger partial charge on any atom is 0.0788 e. The van der Waals surface area contributed by atoms with Crippen molar-refractivity contribution in [3.63, 3.8) is 0 Å². The average molecular weight is 535 g/mol. The molecule has 42 heavy (non-hydrogen) atoms. The Kier molecular flexibility index (Phi) is 4.93. The number of benzene rings is 7. The van der Waals surface area contributed by atoms with Crippen molar-refractivity contribution in [2.45, 2.75) is 0 Å². The summed E-state index contributed by atoms with van der Waals surface area (Å²) in [6.45, 7) is 0. The molecule has 9 rings (SSSR count). The van der Waals surface area contributed by atoms with E-state index in [1.54, 1.807) is 0 Å². The summed E-state index contributed by atoms with van der Waals surface area (Å²) in [7, 11) is 0. The van der Waals surface area contributed by atoms with Crippen molar-refractivity contribution in [2.24, 2.45) is 0 Å². The van der Waals surface area contributed by atoms with Gasteiger partial charge in [-0.2, -0.15) is 0 Å². The molecule has 196 valence electrons. The second-order valence-electron chi connectivity index (χ2n) is 11.0. The van der Waals surface area contributed by atoms with Gasteiger partial charge < -0.3 is 9.13 Å². The van der Waals surface area contributed by atoms with Crippen LogP contribution in [0.3, 0.4) is 0 Å². The van der Waals surface area contributed by atoms with Crippen molar-refractivity contribution in [2.75, 3.05) is 0 Å². The van der Waals surface area contributed by atoms with E-state index in [2.05, 4.69) is 167 Å². The molecule has 0 unspecified atom stereocenters. The topological polar surface area (TPSA) is 9.86 Å². The van der Waals surface area contributed by atoms with Gasteiger partial charge in [-0.1, -0.05) is 115 Å². The highest BCUT2D eigenvalue weighted by Gasteiger charge is 2.21. The summed E-state index contributed by atoms with van der Waals surface area (Å²) >= 11 is 0. The molecular formula is C40H26N2. The lowest BCUT2D eigenvalue weighted by molar-refractivity contribution is 1.15. The first-order valence-electron chi connectivity index (χ1n) is 14.5. The zero-order valence-electron chi connectivity index (χ0n) is 22.9. The molecule has 0 amide bonds. The molecule has 0 fully saturated rings. The molecule has 2 heterocycles. The Morgan fingerprint density at radius 2 is 0.857 bits per heavy atom. The van der Waals surface area contributed by atoms with Crippen LogP contribution in [0, 0.1) is 0 Å². The lowest BCUT2D eigenvalue weighted by Gasteiger charge is -2.13.